The number of aliphatic imine (C=N–C) groups is 2. The van der Waals surface area contributed by atoms with Gasteiger partial charge in [0.1, 0.15) is 5.84 Å². The molecule has 1 spiro atoms. The standard InChI is InChI=1S/C52H33N3/c1-7-21-40-33(14-1)34-15-2-8-22-41(34)52(40)42-23-9-3-17-37(42)48-32(20-13-24-43(48)52)31-28-29-36-35-16-6-12-27-46(35)55(47(36)30-31)51-49-38-18-4-10-25-44(38)53-50(49)39-19-5-11-26-45(39)54-51/h1-7,9-21,23-30,49H,8,22H2. The number of rotatable bonds is 1. The van der Waals surface area contributed by atoms with E-state index in [0.29, 0.717) is 0 Å². The van der Waals surface area contributed by atoms with Crippen molar-refractivity contribution in [2.24, 2.45) is 9.98 Å². The van der Waals surface area contributed by atoms with Gasteiger partial charge in [0, 0.05) is 16.3 Å². The van der Waals surface area contributed by atoms with Gasteiger partial charge in [-0.3, -0.25) is 9.56 Å². The van der Waals surface area contributed by atoms with Crippen molar-refractivity contribution in [2.75, 3.05) is 0 Å². The van der Waals surface area contributed by atoms with Crippen molar-refractivity contribution in [2.45, 2.75) is 24.2 Å². The minimum atomic E-state index is -0.298. The zero-order chi connectivity index (χ0) is 35.8. The highest BCUT2D eigenvalue weighted by atomic mass is 15.1. The molecule has 0 N–H and O–H groups in total. The van der Waals surface area contributed by atoms with Crippen LogP contribution in [0, 0.1) is 0 Å². The normalized spacial score (nSPS) is 19.5. The number of hydrogen-bond donors (Lipinski definition) is 0. The van der Waals surface area contributed by atoms with Crippen LogP contribution in [0.5, 0.6) is 0 Å². The van der Waals surface area contributed by atoms with E-state index in [-0.39, 0.29) is 11.3 Å². The maximum absolute atomic E-state index is 5.52. The fourth-order valence-electron chi connectivity index (χ4n) is 10.9. The summed E-state index contributed by atoms with van der Waals surface area (Å²) in [5.74, 6) is 0.927. The first-order chi connectivity index (χ1) is 27.3. The average Bonchev–Trinajstić information content (AvgIpc) is 3.97. The Bertz CT molecular complexity index is 3170. The highest BCUT2D eigenvalue weighted by Gasteiger charge is 2.53. The van der Waals surface area contributed by atoms with Crippen molar-refractivity contribution in [3.05, 3.63) is 209 Å². The summed E-state index contributed by atoms with van der Waals surface area (Å²) in [6.07, 6.45) is 6.87. The van der Waals surface area contributed by atoms with Crippen LogP contribution in [0.1, 0.15) is 52.1 Å². The van der Waals surface area contributed by atoms with Crippen molar-refractivity contribution in [3.8, 4) is 22.3 Å². The SMILES string of the molecule is C1=CC2=C(CC1)C1(c3ccccc32)c2ccccc2-c2c(-c3ccc4c5ccccc5n(C5=Nc6ccccc6C6=Nc7ccccc7C65)c4c3)cccc21. The van der Waals surface area contributed by atoms with Gasteiger partial charge in [0.25, 0.3) is 0 Å². The molecule has 0 fully saturated rings. The van der Waals surface area contributed by atoms with Gasteiger partial charge >= 0.3 is 0 Å². The predicted molar refractivity (Wildman–Crippen MR) is 226 cm³/mol. The summed E-state index contributed by atoms with van der Waals surface area (Å²) in [5.41, 5.74) is 21.1. The van der Waals surface area contributed by atoms with Crippen molar-refractivity contribution in [1.82, 2.24) is 4.57 Å². The molecule has 3 nitrogen and oxygen atoms in total. The van der Waals surface area contributed by atoms with E-state index >= 15 is 0 Å². The molecule has 1 aromatic heterocycles. The first-order valence-electron chi connectivity index (χ1n) is 19.4. The number of aromatic nitrogens is 1. The highest BCUT2D eigenvalue weighted by Crippen LogP contribution is 2.64. The van der Waals surface area contributed by atoms with Crippen molar-refractivity contribution in [1.29, 1.82) is 0 Å². The number of nitrogens with zero attached hydrogens (tertiary/aromatic N) is 3. The van der Waals surface area contributed by atoms with Crippen LogP contribution in [0.3, 0.4) is 0 Å². The Morgan fingerprint density at radius 3 is 2.15 bits per heavy atom. The summed E-state index contributed by atoms with van der Waals surface area (Å²) < 4.78 is 2.43. The van der Waals surface area contributed by atoms with E-state index in [1.165, 1.54) is 66.4 Å². The van der Waals surface area contributed by atoms with Crippen LogP contribution >= 0.6 is 0 Å². The minimum absolute atomic E-state index is 0.0732. The monoisotopic (exact) mass is 699 g/mol. The average molecular weight is 700 g/mol. The van der Waals surface area contributed by atoms with Gasteiger partial charge in [-0.15, -0.1) is 0 Å². The van der Waals surface area contributed by atoms with Crippen molar-refractivity contribution >= 4 is 50.3 Å². The molecule has 0 amide bonds. The molecule has 3 heterocycles. The van der Waals surface area contributed by atoms with E-state index in [1.807, 2.05) is 0 Å². The molecule has 55 heavy (non-hydrogen) atoms. The van der Waals surface area contributed by atoms with E-state index < -0.39 is 0 Å². The largest absolute Gasteiger partial charge is 0.296 e. The maximum atomic E-state index is 5.52. The Balaban J connectivity index is 1.09. The zero-order valence-electron chi connectivity index (χ0n) is 30.0. The smallest absolute Gasteiger partial charge is 0.128 e. The van der Waals surface area contributed by atoms with Gasteiger partial charge in [0.2, 0.25) is 0 Å². The minimum Gasteiger partial charge on any atom is -0.296 e. The second-order valence-electron chi connectivity index (χ2n) is 15.5. The summed E-state index contributed by atoms with van der Waals surface area (Å²) in [7, 11) is 0. The lowest BCUT2D eigenvalue weighted by atomic mass is 9.68. The molecular formula is C52H33N3. The number of fused-ring (bicyclic) bond motifs is 17. The van der Waals surface area contributed by atoms with Crippen LogP contribution in [0.2, 0.25) is 0 Å². The molecule has 3 aliphatic carbocycles. The molecule has 13 rings (SSSR count). The zero-order valence-corrected chi connectivity index (χ0v) is 30.0. The van der Waals surface area contributed by atoms with Gasteiger partial charge in [0.05, 0.1) is 39.5 Å². The molecule has 2 unspecified atom stereocenters. The molecular weight excluding hydrogens is 667 g/mol. The Labute approximate surface area is 319 Å². The molecule has 2 aliphatic heterocycles. The molecule has 0 saturated carbocycles. The van der Waals surface area contributed by atoms with Gasteiger partial charge in [-0.25, -0.2) is 4.99 Å². The van der Waals surface area contributed by atoms with Crippen LogP contribution in [0.15, 0.2) is 185 Å². The van der Waals surface area contributed by atoms with Gasteiger partial charge in [-0.1, -0.05) is 146 Å². The topological polar surface area (TPSA) is 29.6 Å². The van der Waals surface area contributed by atoms with Crippen LogP contribution in [0.25, 0.3) is 49.6 Å². The molecule has 256 valence electrons. The van der Waals surface area contributed by atoms with Gasteiger partial charge in [-0.2, -0.15) is 0 Å². The fraction of sp³-hybridized carbons (Fsp3) is 0.0769. The Kier molecular flexibility index (Phi) is 5.73. The fourth-order valence-corrected chi connectivity index (χ4v) is 10.9. The van der Waals surface area contributed by atoms with E-state index in [9.17, 15) is 0 Å². The third-order valence-electron chi connectivity index (χ3n) is 13.0. The van der Waals surface area contributed by atoms with Crippen molar-refractivity contribution < 1.29 is 0 Å². The second kappa shape index (κ2) is 10.6. The molecule has 0 radical (unpaired) electrons. The highest BCUT2D eigenvalue weighted by molar-refractivity contribution is 6.29. The van der Waals surface area contributed by atoms with E-state index in [0.717, 1.165) is 52.4 Å². The molecule has 0 bridgehead atoms. The number of benzene rings is 7. The lowest BCUT2D eigenvalue weighted by molar-refractivity contribution is 0.714. The number of allylic oxidation sites excluding steroid dienone is 4. The third kappa shape index (κ3) is 3.66. The summed E-state index contributed by atoms with van der Waals surface area (Å²) >= 11 is 0. The maximum Gasteiger partial charge on any atom is 0.128 e. The summed E-state index contributed by atoms with van der Waals surface area (Å²) in [6.45, 7) is 0. The quantitative estimate of drug-likeness (QED) is 0.163. The van der Waals surface area contributed by atoms with Crippen molar-refractivity contribution in [3.63, 3.8) is 0 Å². The lowest BCUT2D eigenvalue weighted by Gasteiger charge is -2.33. The Hall–Kier alpha value is -6.84. The first-order valence-corrected chi connectivity index (χ1v) is 19.4. The molecule has 5 aliphatic rings. The Morgan fingerprint density at radius 1 is 0.545 bits per heavy atom. The van der Waals surface area contributed by atoms with Crippen LogP contribution in [-0.4, -0.2) is 16.1 Å². The number of para-hydroxylation sites is 3. The van der Waals surface area contributed by atoms with E-state index in [4.69, 9.17) is 9.98 Å². The first kappa shape index (κ1) is 29.6. The van der Waals surface area contributed by atoms with Gasteiger partial charge in [0.15, 0.2) is 0 Å². The Morgan fingerprint density at radius 2 is 1.24 bits per heavy atom. The molecule has 8 aromatic rings. The summed E-state index contributed by atoms with van der Waals surface area (Å²) in [5, 5.41) is 2.45. The van der Waals surface area contributed by atoms with Crippen LogP contribution < -0.4 is 0 Å². The summed E-state index contributed by atoms with van der Waals surface area (Å²) in [6, 6.07) is 58.3. The number of hydrogen-bond acceptors (Lipinski definition) is 2. The van der Waals surface area contributed by atoms with E-state index in [2.05, 4.69) is 174 Å². The van der Waals surface area contributed by atoms with Crippen LogP contribution in [0.4, 0.5) is 11.4 Å². The molecule has 7 aromatic carbocycles. The third-order valence-corrected chi connectivity index (χ3v) is 13.0. The lowest BCUT2D eigenvalue weighted by Crippen LogP contribution is -2.29. The second-order valence-corrected chi connectivity index (χ2v) is 15.5. The molecule has 0 saturated heterocycles. The summed E-state index contributed by atoms with van der Waals surface area (Å²) in [4.78, 5) is 10.8. The van der Waals surface area contributed by atoms with E-state index in [1.54, 1.807) is 5.57 Å². The molecule has 3 heteroatoms. The predicted octanol–water partition coefficient (Wildman–Crippen LogP) is 12.7. The molecule has 2 atom stereocenters. The van der Waals surface area contributed by atoms with Gasteiger partial charge < -0.3 is 0 Å². The van der Waals surface area contributed by atoms with Gasteiger partial charge in [-0.05, 0) is 98.3 Å². The van der Waals surface area contributed by atoms with Crippen LogP contribution in [-0.2, 0) is 5.41 Å².